The number of carbonyl (C=O) groups is 1. The highest BCUT2D eigenvalue weighted by Gasteiger charge is 2.08. The molecule has 0 aliphatic carbocycles. The first kappa shape index (κ1) is 11.1. The van der Waals surface area contributed by atoms with Gasteiger partial charge in [0.15, 0.2) is 0 Å². The molecule has 0 unspecified atom stereocenters. The lowest BCUT2D eigenvalue weighted by atomic mass is 10.3. The molecule has 4 nitrogen and oxygen atoms in total. The minimum atomic E-state index is 0.181. The molecule has 1 N–H and O–H groups in total. The molecule has 0 fully saturated rings. The van der Waals surface area contributed by atoms with Gasteiger partial charge in [-0.2, -0.15) is 16.9 Å². The summed E-state index contributed by atoms with van der Waals surface area (Å²) in [5.41, 5.74) is 1.03. The van der Waals surface area contributed by atoms with E-state index in [-0.39, 0.29) is 5.91 Å². The van der Waals surface area contributed by atoms with Crippen molar-refractivity contribution >= 4 is 17.7 Å². The van der Waals surface area contributed by atoms with Crippen molar-refractivity contribution in [2.75, 3.05) is 19.1 Å². The Morgan fingerprint density at radius 1 is 1.71 bits per heavy atom. The Hall–Kier alpha value is -0.970. The first-order valence-electron chi connectivity index (χ1n) is 4.44. The fourth-order valence-electron chi connectivity index (χ4n) is 1.11. The van der Waals surface area contributed by atoms with Crippen molar-refractivity contribution in [3.8, 4) is 0 Å². The zero-order valence-electron chi connectivity index (χ0n) is 8.49. The van der Waals surface area contributed by atoms with E-state index in [2.05, 4.69) is 10.2 Å². The highest BCUT2D eigenvalue weighted by molar-refractivity contribution is 7.98. The van der Waals surface area contributed by atoms with Crippen LogP contribution in [0, 0.1) is 0 Å². The van der Waals surface area contributed by atoms with Gasteiger partial charge in [-0.1, -0.05) is 0 Å². The molecule has 1 heterocycles. The molecule has 0 radical (unpaired) electrons. The molecule has 0 saturated carbocycles. The van der Waals surface area contributed by atoms with Crippen molar-refractivity contribution in [3.63, 3.8) is 0 Å². The van der Waals surface area contributed by atoms with Crippen LogP contribution in [0.1, 0.15) is 12.0 Å². The molecule has 5 heteroatoms. The van der Waals surface area contributed by atoms with E-state index in [0.717, 1.165) is 11.3 Å². The van der Waals surface area contributed by atoms with Gasteiger partial charge >= 0.3 is 0 Å². The number of hydrogen-bond acceptors (Lipinski definition) is 3. The lowest BCUT2D eigenvalue weighted by molar-refractivity contribution is -0.129. The van der Waals surface area contributed by atoms with Crippen LogP contribution in [0.5, 0.6) is 0 Å². The highest BCUT2D eigenvalue weighted by atomic mass is 32.2. The normalized spacial score (nSPS) is 10.1. The number of nitrogens with one attached hydrogen (secondary N) is 1. The van der Waals surface area contributed by atoms with Crippen LogP contribution >= 0.6 is 11.8 Å². The van der Waals surface area contributed by atoms with E-state index in [1.165, 1.54) is 0 Å². The minimum absolute atomic E-state index is 0.181. The van der Waals surface area contributed by atoms with Crippen molar-refractivity contribution < 1.29 is 4.79 Å². The van der Waals surface area contributed by atoms with Gasteiger partial charge in [-0.3, -0.25) is 9.89 Å². The van der Waals surface area contributed by atoms with Gasteiger partial charge in [-0.05, 0) is 6.26 Å². The van der Waals surface area contributed by atoms with Gasteiger partial charge in [0.25, 0.3) is 0 Å². The molecule has 0 spiro atoms. The number of aromatic amines is 1. The molecule has 14 heavy (non-hydrogen) atoms. The molecule has 1 amide bonds. The summed E-state index contributed by atoms with van der Waals surface area (Å²) >= 11 is 1.69. The Bertz CT molecular complexity index is 274. The second-order valence-corrected chi connectivity index (χ2v) is 4.08. The van der Waals surface area contributed by atoms with Crippen LogP contribution in [0.2, 0.25) is 0 Å². The second kappa shape index (κ2) is 5.70. The third-order valence-corrected chi connectivity index (χ3v) is 2.53. The van der Waals surface area contributed by atoms with Crippen LogP contribution < -0.4 is 0 Å². The minimum Gasteiger partial charge on any atom is -0.341 e. The zero-order valence-corrected chi connectivity index (χ0v) is 9.30. The molecule has 0 aromatic carbocycles. The molecule has 78 valence electrons. The summed E-state index contributed by atoms with van der Waals surface area (Å²) in [5, 5.41) is 6.55. The van der Waals surface area contributed by atoms with Gasteiger partial charge in [0.05, 0.1) is 6.20 Å². The van der Waals surface area contributed by atoms with Crippen molar-refractivity contribution in [2.24, 2.45) is 0 Å². The maximum atomic E-state index is 11.5. The molecule has 1 aromatic rings. The maximum Gasteiger partial charge on any atom is 0.223 e. The van der Waals surface area contributed by atoms with Crippen LogP contribution in [0.25, 0.3) is 0 Å². The third-order valence-electron chi connectivity index (χ3n) is 1.92. The van der Waals surface area contributed by atoms with Gasteiger partial charge in [-0.25, -0.2) is 0 Å². The van der Waals surface area contributed by atoms with Gasteiger partial charge < -0.3 is 4.90 Å². The Labute approximate surface area is 88.1 Å². The predicted molar refractivity (Wildman–Crippen MR) is 58.1 cm³/mol. The molecule has 0 bridgehead atoms. The Balaban J connectivity index is 2.34. The average molecular weight is 213 g/mol. The summed E-state index contributed by atoms with van der Waals surface area (Å²) in [5.74, 6) is 1.06. The number of H-pyrrole nitrogens is 1. The smallest absolute Gasteiger partial charge is 0.223 e. The molecule has 0 saturated heterocycles. The highest BCUT2D eigenvalue weighted by Crippen LogP contribution is 2.03. The molecular formula is C9H15N3OS. The van der Waals surface area contributed by atoms with E-state index in [9.17, 15) is 4.79 Å². The number of hydrogen-bond donors (Lipinski definition) is 1. The summed E-state index contributed by atoms with van der Waals surface area (Å²) in [4.78, 5) is 13.2. The predicted octanol–water partition coefficient (Wildman–Crippen LogP) is 1.12. The monoisotopic (exact) mass is 213 g/mol. The number of amides is 1. The Morgan fingerprint density at radius 2 is 2.50 bits per heavy atom. The topological polar surface area (TPSA) is 49.0 Å². The van der Waals surface area contributed by atoms with Crippen LogP contribution in [0.15, 0.2) is 12.4 Å². The summed E-state index contributed by atoms with van der Waals surface area (Å²) in [6.07, 6.45) is 6.15. The van der Waals surface area contributed by atoms with E-state index in [1.54, 1.807) is 29.1 Å². The summed E-state index contributed by atoms with van der Waals surface area (Å²) in [7, 11) is 1.82. The summed E-state index contributed by atoms with van der Waals surface area (Å²) in [6.45, 7) is 0.629. The summed E-state index contributed by atoms with van der Waals surface area (Å²) < 4.78 is 0. The Morgan fingerprint density at radius 3 is 3.07 bits per heavy atom. The van der Waals surface area contributed by atoms with Crippen molar-refractivity contribution in [1.29, 1.82) is 0 Å². The molecule has 0 aliphatic rings. The maximum absolute atomic E-state index is 11.5. The number of thioether (sulfide) groups is 1. The van der Waals surface area contributed by atoms with Crippen molar-refractivity contribution in [2.45, 2.75) is 13.0 Å². The largest absolute Gasteiger partial charge is 0.341 e. The lowest BCUT2D eigenvalue weighted by Gasteiger charge is -2.15. The van der Waals surface area contributed by atoms with Gasteiger partial charge in [0.2, 0.25) is 5.91 Å². The number of aromatic nitrogens is 2. The fraction of sp³-hybridized carbons (Fsp3) is 0.556. The lowest BCUT2D eigenvalue weighted by Crippen LogP contribution is -2.26. The van der Waals surface area contributed by atoms with Crippen molar-refractivity contribution in [1.82, 2.24) is 15.1 Å². The Kier molecular flexibility index (Phi) is 4.52. The number of nitrogens with zero attached hydrogens (tertiary/aromatic N) is 2. The van der Waals surface area contributed by atoms with Crippen LogP contribution in [-0.4, -0.2) is 40.1 Å². The van der Waals surface area contributed by atoms with E-state index in [4.69, 9.17) is 0 Å². The van der Waals surface area contributed by atoms with E-state index >= 15 is 0 Å². The standard InChI is InChI=1S/C9H15N3OS/c1-12(9(13)3-4-14-2)7-8-5-10-11-6-8/h5-6H,3-4,7H2,1-2H3,(H,10,11). The van der Waals surface area contributed by atoms with Gasteiger partial charge in [0.1, 0.15) is 0 Å². The molecule has 1 rings (SSSR count). The average Bonchev–Trinajstić information content (AvgIpc) is 2.66. The van der Waals surface area contributed by atoms with Crippen molar-refractivity contribution in [3.05, 3.63) is 18.0 Å². The molecule has 0 aliphatic heterocycles. The molecule has 1 aromatic heterocycles. The number of carbonyl (C=O) groups excluding carboxylic acids is 1. The van der Waals surface area contributed by atoms with Gasteiger partial charge in [0, 0.05) is 37.5 Å². The van der Waals surface area contributed by atoms with E-state index in [1.807, 2.05) is 13.3 Å². The second-order valence-electron chi connectivity index (χ2n) is 3.10. The SMILES string of the molecule is CSCCC(=O)N(C)Cc1cn[nH]c1. The quantitative estimate of drug-likeness (QED) is 0.797. The van der Waals surface area contributed by atoms with E-state index < -0.39 is 0 Å². The third kappa shape index (κ3) is 3.41. The molecule has 0 atom stereocenters. The summed E-state index contributed by atoms with van der Waals surface area (Å²) in [6, 6.07) is 0. The zero-order chi connectivity index (χ0) is 10.4. The van der Waals surface area contributed by atoms with Gasteiger partial charge in [-0.15, -0.1) is 0 Å². The first-order chi connectivity index (χ1) is 6.74. The first-order valence-corrected chi connectivity index (χ1v) is 5.84. The van der Waals surface area contributed by atoms with Crippen LogP contribution in [0.3, 0.4) is 0 Å². The number of rotatable bonds is 5. The van der Waals surface area contributed by atoms with Crippen LogP contribution in [-0.2, 0) is 11.3 Å². The molecular weight excluding hydrogens is 198 g/mol. The van der Waals surface area contributed by atoms with E-state index in [0.29, 0.717) is 13.0 Å². The van der Waals surface area contributed by atoms with Crippen LogP contribution in [0.4, 0.5) is 0 Å². The fourth-order valence-corrected chi connectivity index (χ4v) is 1.49.